The lowest BCUT2D eigenvalue weighted by molar-refractivity contribution is 0.0685. The van der Waals surface area contributed by atoms with Gasteiger partial charge in [-0.2, -0.15) is 0 Å². The maximum Gasteiger partial charge on any atom is 0.352 e. The van der Waals surface area contributed by atoms with Crippen molar-refractivity contribution < 1.29 is 24.1 Å². The summed E-state index contributed by atoms with van der Waals surface area (Å²) in [5.41, 5.74) is 2.99. The van der Waals surface area contributed by atoms with Crippen molar-refractivity contribution >= 4 is 16.9 Å². The van der Waals surface area contributed by atoms with Crippen LogP contribution in [0.15, 0.2) is 36.4 Å². The lowest BCUT2D eigenvalue weighted by Crippen LogP contribution is -2.19. The van der Waals surface area contributed by atoms with Crippen LogP contribution in [0.25, 0.3) is 10.9 Å². The van der Waals surface area contributed by atoms with Gasteiger partial charge in [-0.15, -0.1) is 0 Å². The lowest BCUT2D eigenvalue weighted by atomic mass is 10.1. The summed E-state index contributed by atoms with van der Waals surface area (Å²) in [5, 5.41) is 14.0. The van der Waals surface area contributed by atoms with E-state index < -0.39 is 5.97 Å². The second-order valence-electron chi connectivity index (χ2n) is 6.69. The minimum atomic E-state index is -0.945. The second-order valence-corrected chi connectivity index (χ2v) is 6.69. The Labute approximate surface area is 169 Å². The van der Waals surface area contributed by atoms with Crippen LogP contribution in [0.1, 0.15) is 21.6 Å². The summed E-state index contributed by atoms with van der Waals surface area (Å²) in [7, 11) is 6.58. The normalized spacial score (nSPS) is 10.9. The maximum atomic E-state index is 11.8. The molecule has 1 heterocycles. The number of rotatable bonds is 9. The van der Waals surface area contributed by atoms with Crippen molar-refractivity contribution in [2.24, 2.45) is 7.05 Å². The summed E-state index contributed by atoms with van der Waals surface area (Å²) in [5.74, 6) is 1.14. The van der Waals surface area contributed by atoms with Gasteiger partial charge in [0, 0.05) is 30.6 Å². The van der Waals surface area contributed by atoms with Crippen molar-refractivity contribution in [1.29, 1.82) is 0 Å². The molecule has 1 aromatic heterocycles. The molecule has 0 spiro atoms. The van der Waals surface area contributed by atoms with E-state index in [1.54, 1.807) is 32.9 Å². The first kappa shape index (κ1) is 20.5. The van der Waals surface area contributed by atoms with Gasteiger partial charge in [0.25, 0.3) is 0 Å². The van der Waals surface area contributed by atoms with Crippen molar-refractivity contribution in [3.63, 3.8) is 0 Å². The number of aromatic carboxylic acids is 1. The van der Waals surface area contributed by atoms with E-state index in [0.29, 0.717) is 30.3 Å². The predicted molar refractivity (Wildman–Crippen MR) is 111 cm³/mol. The van der Waals surface area contributed by atoms with Gasteiger partial charge in [0.05, 0.1) is 26.8 Å². The molecule has 0 aliphatic carbocycles. The summed E-state index contributed by atoms with van der Waals surface area (Å²) >= 11 is 0. The molecule has 0 fully saturated rings. The molecule has 0 aliphatic rings. The number of methoxy groups -OCH3 is 3. The molecular weight excluding hydrogens is 372 g/mol. The number of hydrogen-bond donors (Lipinski definition) is 2. The summed E-state index contributed by atoms with van der Waals surface area (Å²) in [6.45, 7) is 1.15. The molecule has 2 aromatic carbocycles. The molecule has 0 saturated carbocycles. The van der Waals surface area contributed by atoms with Crippen LogP contribution >= 0.6 is 0 Å². The third-order valence-electron chi connectivity index (χ3n) is 5.06. The van der Waals surface area contributed by atoms with Crippen LogP contribution in [-0.4, -0.2) is 43.5 Å². The fourth-order valence-electron chi connectivity index (χ4n) is 3.56. The molecule has 7 nitrogen and oxygen atoms in total. The predicted octanol–water partition coefficient (Wildman–Crippen LogP) is 3.23. The Morgan fingerprint density at radius 1 is 1.03 bits per heavy atom. The Bertz CT molecular complexity index is 1030. The average molecular weight is 398 g/mol. The number of aromatic nitrogens is 1. The first-order valence-corrected chi connectivity index (χ1v) is 9.30. The Kier molecular flexibility index (Phi) is 6.29. The minimum absolute atomic E-state index is 0.284. The molecule has 0 saturated heterocycles. The number of nitrogens with zero attached hydrogens (tertiary/aromatic N) is 1. The van der Waals surface area contributed by atoms with Crippen LogP contribution in [0.4, 0.5) is 0 Å². The number of carboxylic acids is 1. The van der Waals surface area contributed by atoms with E-state index >= 15 is 0 Å². The molecular formula is C22H26N2O5. The summed E-state index contributed by atoms with van der Waals surface area (Å²) in [6.07, 6.45) is 0.779. The Morgan fingerprint density at radius 3 is 2.45 bits per heavy atom. The van der Waals surface area contributed by atoms with Gasteiger partial charge in [-0.3, -0.25) is 0 Å². The number of aryl methyl sites for hydroxylation is 1. The first-order chi connectivity index (χ1) is 14.0. The van der Waals surface area contributed by atoms with Crippen molar-refractivity contribution in [3.05, 3.63) is 53.2 Å². The summed E-state index contributed by atoms with van der Waals surface area (Å²) in [6, 6.07) is 11.4. The van der Waals surface area contributed by atoms with Crippen LogP contribution in [0, 0.1) is 0 Å². The van der Waals surface area contributed by atoms with Crippen molar-refractivity contribution in [1.82, 2.24) is 9.88 Å². The zero-order valence-corrected chi connectivity index (χ0v) is 17.1. The van der Waals surface area contributed by atoms with Crippen molar-refractivity contribution in [2.45, 2.75) is 13.0 Å². The van der Waals surface area contributed by atoms with Gasteiger partial charge in [0.1, 0.15) is 11.4 Å². The van der Waals surface area contributed by atoms with Crippen LogP contribution in [-0.2, 0) is 20.0 Å². The number of nitrogens with one attached hydrogen (secondary N) is 1. The molecule has 154 valence electrons. The zero-order chi connectivity index (χ0) is 21.0. The average Bonchev–Trinajstić information content (AvgIpc) is 3.02. The Morgan fingerprint density at radius 2 is 1.79 bits per heavy atom. The van der Waals surface area contributed by atoms with Gasteiger partial charge < -0.3 is 29.2 Å². The van der Waals surface area contributed by atoms with E-state index in [1.807, 2.05) is 36.4 Å². The van der Waals surface area contributed by atoms with E-state index in [0.717, 1.165) is 28.5 Å². The van der Waals surface area contributed by atoms with Gasteiger partial charge >= 0.3 is 5.97 Å². The number of hydrogen-bond acceptors (Lipinski definition) is 5. The van der Waals surface area contributed by atoms with E-state index in [1.165, 1.54) is 0 Å². The molecule has 2 N–H and O–H groups in total. The standard InChI is InChI=1S/C22H26N2O5/c1-24-18-12-15(27-2)6-7-16(18)17(21(24)22(25)26)13-23-10-9-14-5-8-19(28-3)20(11-14)29-4/h5-8,11-12,23H,9-10,13H2,1-4H3,(H,25,26). The van der Waals surface area contributed by atoms with Crippen LogP contribution in [0.2, 0.25) is 0 Å². The molecule has 0 atom stereocenters. The molecule has 0 radical (unpaired) electrons. The number of benzene rings is 2. The Hall–Kier alpha value is -3.19. The van der Waals surface area contributed by atoms with Crippen molar-refractivity contribution in [3.8, 4) is 17.2 Å². The maximum absolute atomic E-state index is 11.8. The van der Waals surface area contributed by atoms with Gasteiger partial charge in [-0.1, -0.05) is 6.07 Å². The third kappa shape index (κ3) is 4.14. The van der Waals surface area contributed by atoms with Crippen LogP contribution in [0.5, 0.6) is 17.2 Å². The smallest absolute Gasteiger partial charge is 0.352 e. The molecule has 3 rings (SSSR count). The molecule has 0 aliphatic heterocycles. The van der Waals surface area contributed by atoms with Crippen LogP contribution in [0.3, 0.4) is 0 Å². The summed E-state index contributed by atoms with van der Waals surface area (Å²) < 4.78 is 17.6. The number of carboxylic acid groups (broad SMARTS) is 1. The highest BCUT2D eigenvalue weighted by Crippen LogP contribution is 2.29. The highest BCUT2D eigenvalue weighted by Gasteiger charge is 2.20. The van der Waals surface area contributed by atoms with E-state index in [9.17, 15) is 9.90 Å². The topological polar surface area (TPSA) is 81.9 Å². The highest BCUT2D eigenvalue weighted by atomic mass is 16.5. The molecule has 0 unspecified atom stereocenters. The second kappa shape index (κ2) is 8.87. The zero-order valence-electron chi connectivity index (χ0n) is 17.1. The van der Waals surface area contributed by atoms with Crippen molar-refractivity contribution in [2.75, 3.05) is 27.9 Å². The Balaban J connectivity index is 1.75. The molecule has 29 heavy (non-hydrogen) atoms. The number of fused-ring (bicyclic) bond motifs is 1. The number of ether oxygens (including phenoxy) is 3. The highest BCUT2D eigenvalue weighted by molar-refractivity contribution is 5.98. The van der Waals surface area contributed by atoms with Crippen LogP contribution < -0.4 is 19.5 Å². The molecule has 3 aromatic rings. The largest absolute Gasteiger partial charge is 0.497 e. The van der Waals surface area contributed by atoms with Gasteiger partial charge in [0.2, 0.25) is 0 Å². The summed E-state index contributed by atoms with van der Waals surface area (Å²) in [4.78, 5) is 11.8. The van der Waals surface area contributed by atoms with Gasteiger partial charge in [-0.25, -0.2) is 4.79 Å². The minimum Gasteiger partial charge on any atom is -0.497 e. The quantitative estimate of drug-likeness (QED) is 0.539. The van der Waals surface area contributed by atoms with Gasteiger partial charge in [0.15, 0.2) is 11.5 Å². The molecule has 0 bridgehead atoms. The lowest BCUT2D eigenvalue weighted by Gasteiger charge is -2.10. The monoisotopic (exact) mass is 398 g/mol. The number of carbonyl (C=O) groups is 1. The van der Waals surface area contributed by atoms with Gasteiger partial charge in [-0.05, 0) is 42.8 Å². The SMILES string of the molecule is COc1ccc2c(CNCCc3ccc(OC)c(OC)c3)c(C(=O)O)n(C)c2c1. The fourth-order valence-corrected chi connectivity index (χ4v) is 3.56. The first-order valence-electron chi connectivity index (χ1n) is 9.30. The van der Waals surface area contributed by atoms with E-state index in [4.69, 9.17) is 14.2 Å². The van der Waals surface area contributed by atoms with E-state index in [-0.39, 0.29) is 5.69 Å². The van der Waals surface area contributed by atoms with E-state index in [2.05, 4.69) is 5.32 Å². The third-order valence-corrected chi connectivity index (χ3v) is 5.06. The molecule has 7 heteroatoms. The fraction of sp³-hybridized carbons (Fsp3) is 0.318. The molecule has 0 amide bonds.